The summed E-state index contributed by atoms with van der Waals surface area (Å²) in [6.45, 7) is 3.65. The fourth-order valence-corrected chi connectivity index (χ4v) is 3.97. The molecule has 0 bridgehead atoms. The number of phenolic OH excluding ortho intramolecular Hbond substituents is 2. The summed E-state index contributed by atoms with van der Waals surface area (Å²) >= 11 is 1.37. The van der Waals surface area contributed by atoms with E-state index in [0.29, 0.717) is 44.7 Å². The zero-order chi connectivity index (χ0) is 22.1. The summed E-state index contributed by atoms with van der Waals surface area (Å²) in [7, 11) is 0. The number of aromatic hydroxyl groups is 2. The average molecular weight is 433 g/mol. The molecule has 4 aromatic rings. The standard InChI is InChI=1S/C22H19N5O3S/c1-11-5-19(25-12(2)24-11)18-8-14(3-4-17(18)21(23)30)26-22-27-20(10-31-22)13-6-15(28)9-16(29)7-13/h3-10,28-29H,1-2H3,(H2,23,30)(H,26,27). The molecule has 0 saturated heterocycles. The quantitative estimate of drug-likeness (QED) is 0.371. The van der Waals surface area contributed by atoms with E-state index in [1.807, 2.05) is 12.3 Å². The lowest BCUT2D eigenvalue weighted by atomic mass is 10.0. The van der Waals surface area contributed by atoms with Gasteiger partial charge in [-0.2, -0.15) is 0 Å². The van der Waals surface area contributed by atoms with E-state index in [1.165, 1.54) is 29.5 Å². The normalized spacial score (nSPS) is 10.8. The summed E-state index contributed by atoms with van der Waals surface area (Å²) in [5, 5.41) is 25.0. The number of benzene rings is 2. The van der Waals surface area contributed by atoms with E-state index in [4.69, 9.17) is 5.73 Å². The van der Waals surface area contributed by atoms with E-state index in [2.05, 4.69) is 20.3 Å². The Morgan fingerprint density at radius 2 is 1.71 bits per heavy atom. The van der Waals surface area contributed by atoms with Crippen molar-refractivity contribution in [1.29, 1.82) is 0 Å². The zero-order valence-corrected chi connectivity index (χ0v) is 17.6. The Hall–Kier alpha value is -3.98. The highest BCUT2D eigenvalue weighted by atomic mass is 32.1. The Morgan fingerprint density at radius 3 is 2.39 bits per heavy atom. The Balaban J connectivity index is 1.68. The zero-order valence-electron chi connectivity index (χ0n) is 16.7. The Kier molecular flexibility index (Phi) is 5.26. The first-order valence-corrected chi connectivity index (χ1v) is 10.2. The average Bonchev–Trinajstić information content (AvgIpc) is 3.15. The van der Waals surface area contributed by atoms with Crippen LogP contribution in [0.25, 0.3) is 22.5 Å². The lowest BCUT2D eigenvalue weighted by Crippen LogP contribution is -2.13. The van der Waals surface area contributed by atoms with Crippen molar-refractivity contribution < 1.29 is 15.0 Å². The van der Waals surface area contributed by atoms with E-state index < -0.39 is 5.91 Å². The second kappa shape index (κ2) is 8.04. The number of phenols is 2. The summed E-state index contributed by atoms with van der Waals surface area (Å²) in [4.78, 5) is 25.2. The maximum Gasteiger partial charge on any atom is 0.249 e. The number of carbonyl (C=O) groups excluding carboxylic acids is 1. The molecule has 5 N–H and O–H groups in total. The first kappa shape index (κ1) is 20.3. The fraction of sp³-hybridized carbons (Fsp3) is 0.0909. The number of rotatable bonds is 5. The molecule has 0 aliphatic rings. The van der Waals surface area contributed by atoms with Gasteiger partial charge in [0.05, 0.1) is 11.4 Å². The van der Waals surface area contributed by atoms with E-state index >= 15 is 0 Å². The van der Waals surface area contributed by atoms with Crippen LogP contribution in [0.1, 0.15) is 21.9 Å². The largest absolute Gasteiger partial charge is 0.508 e. The van der Waals surface area contributed by atoms with Crippen LogP contribution in [0.5, 0.6) is 11.5 Å². The van der Waals surface area contributed by atoms with Gasteiger partial charge in [0, 0.05) is 39.5 Å². The van der Waals surface area contributed by atoms with Crippen LogP contribution < -0.4 is 11.1 Å². The Labute approximate surface area is 182 Å². The van der Waals surface area contributed by atoms with Crippen LogP contribution in [-0.4, -0.2) is 31.1 Å². The third kappa shape index (κ3) is 4.46. The molecular formula is C22H19N5O3S. The highest BCUT2D eigenvalue weighted by molar-refractivity contribution is 7.14. The smallest absolute Gasteiger partial charge is 0.249 e. The molecule has 0 aliphatic heterocycles. The van der Waals surface area contributed by atoms with Gasteiger partial charge in [-0.05, 0) is 50.2 Å². The number of nitrogens with zero attached hydrogens (tertiary/aromatic N) is 3. The third-order valence-corrected chi connectivity index (χ3v) is 5.24. The minimum Gasteiger partial charge on any atom is -0.508 e. The van der Waals surface area contributed by atoms with Crippen molar-refractivity contribution in [1.82, 2.24) is 15.0 Å². The van der Waals surface area contributed by atoms with Gasteiger partial charge in [0.25, 0.3) is 0 Å². The Morgan fingerprint density at radius 1 is 0.968 bits per heavy atom. The summed E-state index contributed by atoms with van der Waals surface area (Å²) < 4.78 is 0. The van der Waals surface area contributed by atoms with Gasteiger partial charge in [-0.25, -0.2) is 15.0 Å². The molecular weight excluding hydrogens is 414 g/mol. The molecule has 0 aliphatic carbocycles. The molecule has 2 aromatic carbocycles. The molecule has 9 heteroatoms. The lowest BCUT2D eigenvalue weighted by molar-refractivity contribution is 0.100. The summed E-state index contributed by atoms with van der Waals surface area (Å²) in [6, 6.07) is 11.3. The molecule has 0 unspecified atom stereocenters. The Bertz CT molecular complexity index is 1260. The van der Waals surface area contributed by atoms with Gasteiger partial charge in [-0.15, -0.1) is 11.3 Å². The first-order chi connectivity index (χ1) is 14.8. The summed E-state index contributed by atoms with van der Waals surface area (Å²) in [5.41, 5.74) is 9.83. The van der Waals surface area contributed by atoms with Gasteiger partial charge in [0.15, 0.2) is 5.13 Å². The number of thiazole rings is 1. The van der Waals surface area contributed by atoms with E-state index in [1.54, 1.807) is 31.2 Å². The molecule has 1 amide bonds. The van der Waals surface area contributed by atoms with Crippen molar-refractivity contribution in [3.8, 4) is 34.0 Å². The molecule has 0 saturated carbocycles. The van der Waals surface area contributed by atoms with Crippen LogP contribution in [0.3, 0.4) is 0 Å². The number of hydrogen-bond donors (Lipinski definition) is 4. The van der Waals surface area contributed by atoms with Crippen molar-refractivity contribution in [3.05, 3.63) is 64.9 Å². The number of primary amides is 1. The predicted octanol–water partition coefficient (Wildman–Crippen LogP) is 4.14. The van der Waals surface area contributed by atoms with Crippen molar-refractivity contribution in [2.24, 2.45) is 5.73 Å². The van der Waals surface area contributed by atoms with Gasteiger partial charge >= 0.3 is 0 Å². The highest BCUT2D eigenvalue weighted by Crippen LogP contribution is 2.33. The lowest BCUT2D eigenvalue weighted by Gasteiger charge is -2.11. The molecule has 31 heavy (non-hydrogen) atoms. The van der Waals surface area contributed by atoms with Gasteiger partial charge < -0.3 is 21.3 Å². The van der Waals surface area contributed by atoms with Crippen LogP contribution in [0, 0.1) is 13.8 Å². The third-order valence-electron chi connectivity index (χ3n) is 4.48. The molecule has 2 aromatic heterocycles. The minimum absolute atomic E-state index is 0.0420. The summed E-state index contributed by atoms with van der Waals surface area (Å²) in [6.07, 6.45) is 0. The van der Waals surface area contributed by atoms with Crippen LogP contribution in [0.4, 0.5) is 10.8 Å². The van der Waals surface area contributed by atoms with E-state index in [0.717, 1.165) is 5.69 Å². The molecule has 0 radical (unpaired) electrons. The number of hydrogen-bond acceptors (Lipinski definition) is 8. The van der Waals surface area contributed by atoms with Crippen LogP contribution >= 0.6 is 11.3 Å². The molecule has 4 rings (SSSR count). The molecule has 0 atom stereocenters. The number of nitrogens with one attached hydrogen (secondary N) is 1. The number of carbonyl (C=O) groups is 1. The van der Waals surface area contributed by atoms with Gasteiger partial charge in [0.2, 0.25) is 5.91 Å². The molecule has 2 heterocycles. The number of nitrogens with two attached hydrogens (primary N) is 1. The molecule has 0 fully saturated rings. The van der Waals surface area contributed by atoms with Gasteiger partial charge in [-0.1, -0.05) is 0 Å². The van der Waals surface area contributed by atoms with Crippen molar-refractivity contribution in [2.75, 3.05) is 5.32 Å². The van der Waals surface area contributed by atoms with Crippen molar-refractivity contribution in [3.63, 3.8) is 0 Å². The highest BCUT2D eigenvalue weighted by Gasteiger charge is 2.14. The molecule has 156 valence electrons. The summed E-state index contributed by atoms with van der Waals surface area (Å²) in [5.74, 6) is -0.0299. The maximum absolute atomic E-state index is 12.0. The van der Waals surface area contributed by atoms with Gasteiger partial charge in [-0.3, -0.25) is 4.79 Å². The van der Waals surface area contributed by atoms with Crippen molar-refractivity contribution in [2.45, 2.75) is 13.8 Å². The van der Waals surface area contributed by atoms with E-state index in [-0.39, 0.29) is 11.5 Å². The SMILES string of the molecule is Cc1cc(-c2cc(Nc3nc(-c4cc(O)cc(O)c4)cs3)ccc2C(N)=O)nc(C)n1. The second-order valence-electron chi connectivity index (χ2n) is 6.97. The fourth-order valence-electron chi connectivity index (χ4n) is 3.23. The topological polar surface area (TPSA) is 134 Å². The van der Waals surface area contributed by atoms with Crippen LogP contribution in [-0.2, 0) is 0 Å². The van der Waals surface area contributed by atoms with Crippen LogP contribution in [0.2, 0.25) is 0 Å². The number of aryl methyl sites for hydroxylation is 2. The second-order valence-corrected chi connectivity index (χ2v) is 7.83. The van der Waals surface area contributed by atoms with E-state index in [9.17, 15) is 15.0 Å². The number of anilines is 2. The van der Waals surface area contributed by atoms with Gasteiger partial charge in [0.1, 0.15) is 17.3 Å². The molecule has 8 nitrogen and oxygen atoms in total. The monoisotopic (exact) mass is 433 g/mol. The minimum atomic E-state index is -0.546. The molecule has 0 spiro atoms. The maximum atomic E-state index is 12.0. The predicted molar refractivity (Wildman–Crippen MR) is 120 cm³/mol. The first-order valence-electron chi connectivity index (χ1n) is 9.31. The van der Waals surface area contributed by atoms with Crippen molar-refractivity contribution >= 4 is 28.1 Å². The van der Waals surface area contributed by atoms with Crippen LogP contribution in [0.15, 0.2) is 47.8 Å². The number of amides is 1. The number of aromatic nitrogens is 3.